The average molecular weight is 307 g/mol. The van der Waals surface area contributed by atoms with Crippen molar-refractivity contribution >= 4 is 5.97 Å². The summed E-state index contributed by atoms with van der Waals surface area (Å²) in [6, 6.07) is -0.817. The molecule has 0 saturated carbocycles. The molecule has 0 aromatic heterocycles. The van der Waals surface area contributed by atoms with Crippen LogP contribution in [-0.4, -0.2) is 19.1 Å². The second kappa shape index (κ2) is 6.89. The first-order valence-corrected chi connectivity index (χ1v) is 6.36. The van der Waals surface area contributed by atoms with E-state index in [1.807, 2.05) is 0 Å². The summed E-state index contributed by atoms with van der Waals surface area (Å²) in [4.78, 5) is 11.2. The molecule has 1 aromatic carbocycles. The third-order valence-corrected chi connectivity index (χ3v) is 3.58. The van der Waals surface area contributed by atoms with Crippen LogP contribution in [0.1, 0.15) is 31.7 Å². The van der Waals surface area contributed by atoms with E-state index in [0.29, 0.717) is 0 Å². The molecule has 0 fully saturated rings. The minimum Gasteiger partial charge on any atom is -0.468 e. The molecule has 0 bridgehead atoms. The third kappa shape index (κ3) is 3.72. The summed E-state index contributed by atoms with van der Waals surface area (Å²) < 4.78 is 58.3. The van der Waals surface area contributed by atoms with E-state index in [0.717, 1.165) is 7.11 Å². The number of halogens is 4. The summed E-state index contributed by atoms with van der Waals surface area (Å²) in [6.45, 7) is 2.99. The van der Waals surface area contributed by atoms with E-state index in [9.17, 15) is 22.4 Å². The Hall–Kier alpha value is -1.63. The van der Waals surface area contributed by atoms with Crippen LogP contribution >= 0.6 is 0 Å². The Kier molecular flexibility index (Phi) is 5.71. The molecular weight excluding hydrogens is 290 g/mol. The van der Waals surface area contributed by atoms with Gasteiger partial charge in [0.1, 0.15) is 6.04 Å². The molecule has 3 unspecified atom stereocenters. The number of carbonyl (C=O) groups excluding carboxylic acids is 1. The maximum Gasteiger partial charge on any atom is 0.322 e. The number of methoxy groups -OCH3 is 1. The third-order valence-electron chi connectivity index (χ3n) is 3.58. The highest BCUT2D eigenvalue weighted by Gasteiger charge is 2.29. The van der Waals surface area contributed by atoms with E-state index in [2.05, 4.69) is 4.74 Å². The van der Waals surface area contributed by atoms with Crippen molar-refractivity contribution in [1.29, 1.82) is 0 Å². The lowest BCUT2D eigenvalue weighted by atomic mass is 9.84. The van der Waals surface area contributed by atoms with Crippen molar-refractivity contribution in [2.24, 2.45) is 11.7 Å². The molecule has 1 rings (SSSR count). The van der Waals surface area contributed by atoms with Gasteiger partial charge in [0.15, 0.2) is 23.3 Å². The van der Waals surface area contributed by atoms with E-state index in [1.165, 1.54) is 6.92 Å². The Balaban J connectivity index is 3.03. The molecule has 1 aromatic rings. The zero-order valence-electron chi connectivity index (χ0n) is 11.9. The summed E-state index contributed by atoms with van der Waals surface area (Å²) in [7, 11) is 1.16. The number of esters is 1. The summed E-state index contributed by atoms with van der Waals surface area (Å²) in [5.74, 6) is -7.81. The van der Waals surface area contributed by atoms with Crippen molar-refractivity contribution < 1.29 is 27.1 Å². The highest BCUT2D eigenvalue weighted by molar-refractivity contribution is 5.75. The average Bonchev–Trinajstić information content (AvgIpc) is 2.44. The molecule has 0 aliphatic carbocycles. The largest absolute Gasteiger partial charge is 0.468 e. The normalized spacial score (nSPS) is 15.4. The second-order valence-corrected chi connectivity index (χ2v) is 5.01. The van der Waals surface area contributed by atoms with Gasteiger partial charge >= 0.3 is 5.97 Å². The molecule has 3 nitrogen and oxygen atoms in total. The fraction of sp³-hybridized carbons (Fsp3) is 0.500. The minimum absolute atomic E-state index is 0.0604. The molecule has 118 valence electrons. The highest BCUT2D eigenvalue weighted by atomic mass is 19.2. The molecule has 0 amide bonds. The number of carbonyl (C=O) groups is 1. The number of ether oxygens (including phenoxy) is 1. The first-order chi connectivity index (χ1) is 9.70. The first-order valence-electron chi connectivity index (χ1n) is 6.36. The van der Waals surface area contributed by atoms with E-state index in [1.54, 1.807) is 6.92 Å². The lowest BCUT2D eigenvalue weighted by Gasteiger charge is -2.23. The zero-order chi connectivity index (χ0) is 16.3. The Labute approximate surface area is 120 Å². The van der Waals surface area contributed by atoms with Crippen LogP contribution in [0.5, 0.6) is 0 Å². The number of hydrogen-bond donors (Lipinski definition) is 1. The Bertz CT molecular complexity index is 510. The van der Waals surface area contributed by atoms with Gasteiger partial charge in [-0.3, -0.25) is 4.79 Å². The Morgan fingerprint density at radius 1 is 1.19 bits per heavy atom. The van der Waals surface area contributed by atoms with Crippen LogP contribution in [0.4, 0.5) is 17.6 Å². The van der Waals surface area contributed by atoms with Crippen LogP contribution in [-0.2, 0) is 9.53 Å². The topological polar surface area (TPSA) is 52.3 Å². The van der Waals surface area contributed by atoms with E-state index in [4.69, 9.17) is 5.73 Å². The Morgan fingerprint density at radius 2 is 1.67 bits per heavy atom. The zero-order valence-corrected chi connectivity index (χ0v) is 11.9. The van der Waals surface area contributed by atoms with Gasteiger partial charge in [0, 0.05) is 11.6 Å². The van der Waals surface area contributed by atoms with Crippen molar-refractivity contribution in [2.75, 3.05) is 7.11 Å². The summed E-state index contributed by atoms with van der Waals surface area (Å²) in [6.07, 6.45) is 0.0604. The van der Waals surface area contributed by atoms with Gasteiger partial charge in [-0.25, -0.2) is 17.6 Å². The SMILES string of the molecule is COC(=O)C(N)CC(C)C(C)c1c(F)c(F)cc(F)c1F. The van der Waals surface area contributed by atoms with Gasteiger partial charge in [0.25, 0.3) is 0 Å². The fourth-order valence-corrected chi connectivity index (χ4v) is 2.13. The van der Waals surface area contributed by atoms with Crippen LogP contribution in [0.2, 0.25) is 0 Å². The van der Waals surface area contributed by atoms with Gasteiger partial charge in [-0.2, -0.15) is 0 Å². The van der Waals surface area contributed by atoms with Crippen LogP contribution in [0, 0.1) is 29.2 Å². The molecule has 0 aliphatic rings. The number of hydrogen-bond acceptors (Lipinski definition) is 3. The van der Waals surface area contributed by atoms with Crippen LogP contribution < -0.4 is 5.73 Å². The van der Waals surface area contributed by atoms with Crippen LogP contribution in [0.25, 0.3) is 0 Å². The van der Waals surface area contributed by atoms with Crippen molar-refractivity contribution in [3.63, 3.8) is 0 Å². The van der Waals surface area contributed by atoms with Crippen molar-refractivity contribution in [3.8, 4) is 0 Å². The van der Waals surface area contributed by atoms with E-state index in [-0.39, 0.29) is 12.5 Å². The molecule has 21 heavy (non-hydrogen) atoms. The molecule has 0 aliphatic heterocycles. The smallest absolute Gasteiger partial charge is 0.322 e. The Morgan fingerprint density at radius 3 is 2.10 bits per heavy atom. The van der Waals surface area contributed by atoms with Gasteiger partial charge in [-0.1, -0.05) is 13.8 Å². The first kappa shape index (κ1) is 17.4. The quantitative estimate of drug-likeness (QED) is 0.517. The molecule has 3 atom stereocenters. The number of rotatable bonds is 5. The summed E-state index contributed by atoms with van der Waals surface area (Å²) in [5.41, 5.74) is 4.89. The maximum absolute atomic E-state index is 13.7. The minimum atomic E-state index is -1.46. The standard InChI is InChI=1S/C14H17F4NO2/c1-6(4-10(19)14(20)21-3)7(2)11-12(17)8(15)5-9(16)13(11)18/h5-7,10H,4,19H2,1-3H3. The van der Waals surface area contributed by atoms with Crippen molar-refractivity contribution in [3.05, 3.63) is 34.9 Å². The molecule has 0 radical (unpaired) electrons. The molecular formula is C14H17F4NO2. The highest BCUT2D eigenvalue weighted by Crippen LogP contribution is 2.33. The van der Waals surface area contributed by atoms with Crippen LogP contribution in [0.3, 0.4) is 0 Å². The number of nitrogens with two attached hydrogens (primary N) is 1. The predicted octanol–water partition coefficient (Wildman–Crippen LogP) is 2.87. The second-order valence-electron chi connectivity index (χ2n) is 5.01. The summed E-state index contributed by atoms with van der Waals surface area (Å²) in [5, 5.41) is 0. The maximum atomic E-state index is 13.7. The van der Waals surface area contributed by atoms with Gasteiger partial charge in [0.2, 0.25) is 0 Å². The fourth-order valence-electron chi connectivity index (χ4n) is 2.13. The van der Waals surface area contributed by atoms with E-state index < -0.39 is 52.7 Å². The van der Waals surface area contributed by atoms with Gasteiger partial charge in [-0.15, -0.1) is 0 Å². The van der Waals surface area contributed by atoms with Crippen LogP contribution in [0.15, 0.2) is 6.07 Å². The molecule has 0 saturated heterocycles. The van der Waals surface area contributed by atoms with Gasteiger partial charge < -0.3 is 10.5 Å². The predicted molar refractivity (Wildman–Crippen MR) is 68.5 cm³/mol. The van der Waals surface area contributed by atoms with E-state index >= 15 is 0 Å². The lowest BCUT2D eigenvalue weighted by molar-refractivity contribution is -0.142. The monoisotopic (exact) mass is 307 g/mol. The number of benzene rings is 1. The molecule has 0 spiro atoms. The molecule has 2 N–H and O–H groups in total. The molecule has 0 heterocycles. The lowest BCUT2D eigenvalue weighted by Crippen LogP contribution is -2.34. The summed E-state index contributed by atoms with van der Waals surface area (Å²) >= 11 is 0. The van der Waals surface area contributed by atoms with Crippen molar-refractivity contribution in [1.82, 2.24) is 0 Å². The van der Waals surface area contributed by atoms with Gasteiger partial charge in [-0.05, 0) is 18.3 Å². The molecule has 7 heteroatoms. The van der Waals surface area contributed by atoms with Crippen molar-refractivity contribution in [2.45, 2.75) is 32.2 Å². The van der Waals surface area contributed by atoms with Gasteiger partial charge in [0.05, 0.1) is 7.11 Å².